The third-order valence-electron chi connectivity index (χ3n) is 3.37. The molecule has 0 saturated carbocycles. The predicted octanol–water partition coefficient (Wildman–Crippen LogP) is 2.81. The van der Waals surface area contributed by atoms with Gasteiger partial charge in [-0.3, -0.25) is 4.68 Å². The largest absolute Gasteiger partial charge is 0.496 e. The Morgan fingerprint density at radius 2 is 1.70 bits per heavy atom. The molecule has 2 aromatic rings. The molecule has 0 bridgehead atoms. The highest BCUT2D eigenvalue weighted by Gasteiger charge is 2.23. The van der Waals surface area contributed by atoms with Crippen LogP contribution >= 0.6 is 0 Å². The average molecular weight is 275 g/mol. The summed E-state index contributed by atoms with van der Waals surface area (Å²) in [7, 11) is 5.12. The molecule has 0 fully saturated rings. The Bertz CT molecular complexity index is 596. The number of aryl methyl sites for hydroxylation is 1. The second kappa shape index (κ2) is 5.45. The summed E-state index contributed by atoms with van der Waals surface area (Å²) in [4.78, 5) is 0. The first-order valence-electron chi connectivity index (χ1n) is 6.55. The zero-order valence-corrected chi connectivity index (χ0v) is 12.6. The van der Waals surface area contributed by atoms with Crippen molar-refractivity contribution in [2.24, 2.45) is 7.05 Å². The summed E-state index contributed by atoms with van der Waals surface area (Å²) in [5, 5.41) is 4.55. The molecule has 0 aliphatic heterocycles. The highest BCUT2D eigenvalue weighted by Crippen LogP contribution is 2.42. The molecule has 0 unspecified atom stereocenters. The lowest BCUT2D eigenvalue weighted by Gasteiger charge is -2.14. The number of methoxy groups -OCH3 is 2. The lowest BCUT2D eigenvalue weighted by molar-refractivity contribution is 0.397. The van der Waals surface area contributed by atoms with Crippen molar-refractivity contribution in [1.82, 2.24) is 9.78 Å². The van der Waals surface area contributed by atoms with Gasteiger partial charge in [-0.1, -0.05) is 19.9 Å². The molecule has 2 N–H and O–H groups in total. The molecular formula is C15H21N3O2. The van der Waals surface area contributed by atoms with E-state index < -0.39 is 0 Å². The van der Waals surface area contributed by atoms with Crippen LogP contribution in [0.25, 0.3) is 11.3 Å². The van der Waals surface area contributed by atoms with Gasteiger partial charge in [-0.25, -0.2) is 0 Å². The minimum atomic E-state index is 0.258. The van der Waals surface area contributed by atoms with E-state index in [1.54, 1.807) is 18.9 Å². The normalized spacial score (nSPS) is 10.9. The summed E-state index contributed by atoms with van der Waals surface area (Å²) < 4.78 is 12.6. The predicted molar refractivity (Wildman–Crippen MR) is 80.2 cm³/mol. The molecule has 0 atom stereocenters. The number of ether oxygens (including phenoxy) is 2. The molecule has 0 aliphatic rings. The molecule has 5 nitrogen and oxygen atoms in total. The highest BCUT2D eigenvalue weighted by molar-refractivity contribution is 5.79. The molecule has 1 aromatic carbocycles. The van der Waals surface area contributed by atoms with E-state index in [1.165, 1.54) is 0 Å². The van der Waals surface area contributed by atoms with Gasteiger partial charge >= 0.3 is 0 Å². The van der Waals surface area contributed by atoms with Crippen LogP contribution in [0.2, 0.25) is 0 Å². The number of aromatic nitrogens is 2. The van der Waals surface area contributed by atoms with Crippen LogP contribution in [-0.2, 0) is 7.05 Å². The highest BCUT2D eigenvalue weighted by atomic mass is 16.5. The van der Waals surface area contributed by atoms with E-state index in [2.05, 4.69) is 18.9 Å². The lowest BCUT2D eigenvalue weighted by Crippen LogP contribution is -2.00. The van der Waals surface area contributed by atoms with E-state index in [0.717, 1.165) is 28.3 Å². The SMILES string of the molecule is COc1cccc(OC)c1-c1nn(C)c(N)c1C(C)C. The molecule has 0 amide bonds. The van der Waals surface area contributed by atoms with Crippen LogP contribution in [-0.4, -0.2) is 24.0 Å². The maximum Gasteiger partial charge on any atom is 0.132 e. The summed E-state index contributed by atoms with van der Waals surface area (Å²) in [6.07, 6.45) is 0. The van der Waals surface area contributed by atoms with Crippen molar-refractivity contribution < 1.29 is 9.47 Å². The van der Waals surface area contributed by atoms with Crippen LogP contribution in [0.4, 0.5) is 5.82 Å². The van der Waals surface area contributed by atoms with E-state index in [-0.39, 0.29) is 5.92 Å². The zero-order chi connectivity index (χ0) is 14.9. The van der Waals surface area contributed by atoms with Crippen molar-refractivity contribution in [3.05, 3.63) is 23.8 Å². The van der Waals surface area contributed by atoms with Crippen LogP contribution in [0.15, 0.2) is 18.2 Å². The fourth-order valence-electron chi connectivity index (χ4n) is 2.39. The number of nitrogens with two attached hydrogens (primary N) is 1. The van der Waals surface area contributed by atoms with E-state index in [0.29, 0.717) is 5.82 Å². The van der Waals surface area contributed by atoms with Gasteiger partial charge in [0.15, 0.2) is 0 Å². The third-order valence-corrected chi connectivity index (χ3v) is 3.37. The topological polar surface area (TPSA) is 62.3 Å². The molecule has 0 radical (unpaired) electrons. The van der Waals surface area contributed by atoms with E-state index >= 15 is 0 Å². The van der Waals surface area contributed by atoms with Crippen molar-refractivity contribution in [3.8, 4) is 22.8 Å². The second-order valence-electron chi connectivity index (χ2n) is 4.96. The van der Waals surface area contributed by atoms with Gasteiger partial charge in [-0.15, -0.1) is 0 Å². The molecule has 0 aliphatic carbocycles. The summed E-state index contributed by atoms with van der Waals surface area (Å²) in [5.41, 5.74) is 8.81. The standard InChI is InChI=1S/C15H21N3O2/c1-9(2)12-14(17-18(3)15(12)16)13-10(19-4)7-6-8-11(13)20-5/h6-9H,16H2,1-5H3. The monoisotopic (exact) mass is 275 g/mol. The van der Waals surface area contributed by atoms with Gasteiger partial charge in [0.05, 0.1) is 19.8 Å². The maximum absolute atomic E-state index is 6.14. The Morgan fingerprint density at radius 3 is 2.15 bits per heavy atom. The number of nitrogen functional groups attached to an aromatic ring is 1. The molecule has 1 aromatic heterocycles. The Balaban J connectivity index is 2.77. The summed E-state index contributed by atoms with van der Waals surface area (Å²) >= 11 is 0. The maximum atomic E-state index is 6.14. The number of rotatable bonds is 4. The lowest BCUT2D eigenvalue weighted by atomic mass is 9.97. The molecule has 108 valence electrons. The van der Waals surface area contributed by atoms with Crippen molar-refractivity contribution >= 4 is 5.82 Å². The smallest absolute Gasteiger partial charge is 0.132 e. The van der Waals surface area contributed by atoms with Crippen molar-refractivity contribution in [1.29, 1.82) is 0 Å². The summed E-state index contributed by atoms with van der Waals surface area (Å²) in [6, 6.07) is 5.68. The fraction of sp³-hybridized carbons (Fsp3) is 0.400. The minimum absolute atomic E-state index is 0.258. The van der Waals surface area contributed by atoms with Gasteiger partial charge in [0.25, 0.3) is 0 Å². The molecule has 2 rings (SSSR count). The van der Waals surface area contributed by atoms with Crippen molar-refractivity contribution in [3.63, 3.8) is 0 Å². The number of nitrogens with zero attached hydrogens (tertiary/aromatic N) is 2. The molecular weight excluding hydrogens is 254 g/mol. The van der Waals surface area contributed by atoms with Crippen molar-refractivity contribution in [2.45, 2.75) is 19.8 Å². The average Bonchev–Trinajstić information content (AvgIpc) is 2.73. The first-order chi connectivity index (χ1) is 9.51. The first kappa shape index (κ1) is 14.2. The minimum Gasteiger partial charge on any atom is -0.496 e. The van der Waals surface area contributed by atoms with Crippen LogP contribution in [0.3, 0.4) is 0 Å². The van der Waals surface area contributed by atoms with Gasteiger partial charge in [0, 0.05) is 12.6 Å². The third kappa shape index (κ3) is 2.19. The van der Waals surface area contributed by atoms with Crippen LogP contribution < -0.4 is 15.2 Å². The number of benzene rings is 1. The fourth-order valence-corrected chi connectivity index (χ4v) is 2.39. The van der Waals surface area contributed by atoms with Gasteiger partial charge < -0.3 is 15.2 Å². The van der Waals surface area contributed by atoms with Crippen molar-refractivity contribution in [2.75, 3.05) is 20.0 Å². The molecule has 5 heteroatoms. The molecule has 0 saturated heterocycles. The molecule has 0 spiro atoms. The van der Waals surface area contributed by atoms with Gasteiger partial charge in [-0.2, -0.15) is 5.10 Å². The number of hydrogen-bond acceptors (Lipinski definition) is 4. The zero-order valence-electron chi connectivity index (χ0n) is 12.6. The Hall–Kier alpha value is -2.17. The number of hydrogen-bond donors (Lipinski definition) is 1. The van der Waals surface area contributed by atoms with Crippen LogP contribution in [0.5, 0.6) is 11.5 Å². The van der Waals surface area contributed by atoms with Crippen LogP contribution in [0, 0.1) is 0 Å². The quantitative estimate of drug-likeness (QED) is 0.932. The van der Waals surface area contributed by atoms with E-state index in [9.17, 15) is 0 Å². The first-order valence-corrected chi connectivity index (χ1v) is 6.55. The van der Waals surface area contributed by atoms with E-state index in [4.69, 9.17) is 15.2 Å². The second-order valence-corrected chi connectivity index (χ2v) is 4.96. The number of anilines is 1. The molecule has 1 heterocycles. The van der Waals surface area contributed by atoms with Gasteiger partial charge in [0.2, 0.25) is 0 Å². The molecule has 20 heavy (non-hydrogen) atoms. The Morgan fingerprint density at radius 1 is 1.15 bits per heavy atom. The summed E-state index contributed by atoms with van der Waals surface area (Å²) in [5.74, 6) is 2.38. The Kier molecular flexibility index (Phi) is 3.88. The summed E-state index contributed by atoms with van der Waals surface area (Å²) in [6.45, 7) is 4.19. The Labute approximate surface area is 119 Å². The van der Waals surface area contributed by atoms with Gasteiger partial charge in [-0.05, 0) is 18.1 Å². The van der Waals surface area contributed by atoms with E-state index in [1.807, 2.05) is 25.2 Å². The van der Waals surface area contributed by atoms with Gasteiger partial charge in [0.1, 0.15) is 23.0 Å². The van der Waals surface area contributed by atoms with Crippen LogP contribution in [0.1, 0.15) is 25.3 Å².